The summed E-state index contributed by atoms with van der Waals surface area (Å²) in [4.78, 5) is 4.29. The molecule has 0 bridgehead atoms. The highest BCUT2D eigenvalue weighted by Crippen LogP contribution is 2.18. The number of nitrogens with zero attached hydrogens (tertiary/aromatic N) is 1. The first-order valence-corrected chi connectivity index (χ1v) is 5.72. The Morgan fingerprint density at radius 1 is 1.43 bits per heavy atom. The minimum atomic E-state index is 0.121. The van der Waals surface area contributed by atoms with Crippen LogP contribution in [0.4, 0.5) is 5.82 Å². The first kappa shape index (κ1) is 11.5. The molecule has 0 unspecified atom stereocenters. The van der Waals surface area contributed by atoms with Crippen LogP contribution in [0, 0.1) is 0 Å². The second kappa shape index (κ2) is 4.78. The molecular formula is C11H17BrN2. The summed E-state index contributed by atoms with van der Waals surface area (Å²) in [5.41, 5.74) is 0.121. The van der Waals surface area contributed by atoms with Gasteiger partial charge in [0.1, 0.15) is 5.82 Å². The van der Waals surface area contributed by atoms with Gasteiger partial charge in [-0.05, 0) is 48.3 Å². The lowest BCUT2D eigenvalue weighted by molar-refractivity contribution is 0.509. The zero-order chi connectivity index (χ0) is 10.6. The summed E-state index contributed by atoms with van der Waals surface area (Å²) in [7, 11) is 0. The van der Waals surface area contributed by atoms with E-state index in [2.05, 4.69) is 47.0 Å². The number of anilines is 1. The summed E-state index contributed by atoms with van der Waals surface area (Å²) in [5.74, 6) is 0.937. The summed E-state index contributed by atoms with van der Waals surface area (Å²) in [5, 5.41) is 3.41. The van der Waals surface area contributed by atoms with Crippen LogP contribution in [-0.2, 0) is 0 Å². The van der Waals surface area contributed by atoms with Crippen LogP contribution in [0.25, 0.3) is 0 Å². The number of nitrogens with one attached hydrogen (secondary N) is 1. The molecule has 2 nitrogen and oxygen atoms in total. The number of pyridine rings is 1. The summed E-state index contributed by atoms with van der Waals surface area (Å²) in [6.45, 7) is 6.58. The number of rotatable bonds is 4. The molecular weight excluding hydrogens is 240 g/mol. The first-order valence-electron chi connectivity index (χ1n) is 4.93. The third-order valence-electron chi connectivity index (χ3n) is 2.07. The van der Waals surface area contributed by atoms with Crippen molar-refractivity contribution in [3.63, 3.8) is 0 Å². The molecule has 0 saturated carbocycles. The van der Waals surface area contributed by atoms with Gasteiger partial charge in [-0.1, -0.05) is 13.3 Å². The predicted molar refractivity (Wildman–Crippen MR) is 64.5 cm³/mol. The lowest BCUT2D eigenvalue weighted by Gasteiger charge is -2.26. The normalized spacial score (nSPS) is 11.4. The van der Waals surface area contributed by atoms with Crippen molar-refractivity contribution in [1.29, 1.82) is 0 Å². The van der Waals surface area contributed by atoms with Crippen molar-refractivity contribution >= 4 is 21.7 Å². The van der Waals surface area contributed by atoms with E-state index in [1.807, 2.05) is 18.3 Å². The Morgan fingerprint density at radius 2 is 2.14 bits per heavy atom. The maximum Gasteiger partial charge on any atom is 0.126 e. The Balaban J connectivity index is 2.64. The third-order valence-corrected chi connectivity index (χ3v) is 2.54. The molecule has 3 heteroatoms. The van der Waals surface area contributed by atoms with E-state index in [-0.39, 0.29) is 5.54 Å². The van der Waals surface area contributed by atoms with Crippen LogP contribution in [0.3, 0.4) is 0 Å². The highest BCUT2D eigenvalue weighted by Gasteiger charge is 2.15. The van der Waals surface area contributed by atoms with E-state index in [0.29, 0.717) is 0 Å². The quantitative estimate of drug-likeness (QED) is 0.886. The van der Waals surface area contributed by atoms with Gasteiger partial charge in [-0.3, -0.25) is 0 Å². The van der Waals surface area contributed by atoms with Crippen LogP contribution in [0.5, 0.6) is 0 Å². The molecule has 1 aromatic heterocycles. The van der Waals surface area contributed by atoms with E-state index >= 15 is 0 Å². The molecule has 1 heterocycles. The molecule has 0 aliphatic heterocycles. The van der Waals surface area contributed by atoms with Crippen LogP contribution < -0.4 is 5.32 Å². The van der Waals surface area contributed by atoms with E-state index < -0.39 is 0 Å². The van der Waals surface area contributed by atoms with Crippen molar-refractivity contribution < 1.29 is 0 Å². The van der Waals surface area contributed by atoms with Gasteiger partial charge in [0, 0.05) is 16.2 Å². The fourth-order valence-electron chi connectivity index (χ4n) is 1.48. The highest BCUT2D eigenvalue weighted by atomic mass is 79.9. The molecule has 78 valence electrons. The Kier molecular flexibility index (Phi) is 3.93. The van der Waals surface area contributed by atoms with Crippen molar-refractivity contribution in [2.24, 2.45) is 0 Å². The molecule has 0 aliphatic carbocycles. The zero-order valence-electron chi connectivity index (χ0n) is 8.97. The maximum absolute atomic E-state index is 4.29. The third kappa shape index (κ3) is 3.66. The Hall–Kier alpha value is -0.570. The number of halogens is 1. The smallest absolute Gasteiger partial charge is 0.126 e. The fourth-order valence-corrected chi connectivity index (χ4v) is 1.72. The van der Waals surface area contributed by atoms with Gasteiger partial charge in [0.2, 0.25) is 0 Å². The van der Waals surface area contributed by atoms with Crippen molar-refractivity contribution in [3.05, 3.63) is 22.8 Å². The highest BCUT2D eigenvalue weighted by molar-refractivity contribution is 9.10. The Labute approximate surface area is 94.3 Å². The molecule has 14 heavy (non-hydrogen) atoms. The van der Waals surface area contributed by atoms with Crippen LogP contribution in [0.1, 0.15) is 33.6 Å². The fraction of sp³-hybridized carbons (Fsp3) is 0.545. The van der Waals surface area contributed by atoms with Gasteiger partial charge in [0.05, 0.1) is 0 Å². The summed E-state index contributed by atoms with van der Waals surface area (Å²) < 4.78 is 1.01. The van der Waals surface area contributed by atoms with Gasteiger partial charge < -0.3 is 5.32 Å². The average molecular weight is 257 g/mol. The number of hydrogen-bond acceptors (Lipinski definition) is 2. The van der Waals surface area contributed by atoms with Crippen LogP contribution in [-0.4, -0.2) is 10.5 Å². The van der Waals surface area contributed by atoms with Crippen LogP contribution >= 0.6 is 15.9 Å². The van der Waals surface area contributed by atoms with E-state index in [1.165, 1.54) is 6.42 Å². The van der Waals surface area contributed by atoms with E-state index in [4.69, 9.17) is 0 Å². The molecule has 0 fully saturated rings. The minimum absolute atomic E-state index is 0.121. The summed E-state index contributed by atoms with van der Waals surface area (Å²) in [6, 6.07) is 3.98. The molecule has 1 N–H and O–H groups in total. The predicted octanol–water partition coefficient (Wildman–Crippen LogP) is 3.83. The summed E-state index contributed by atoms with van der Waals surface area (Å²) >= 11 is 3.37. The van der Waals surface area contributed by atoms with E-state index in [9.17, 15) is 0 Å². The largest absolute Gasteiger partial charge is 0.365 e. The van der Waals surface area contributed by atoms with Gasteiger partial charge >= 0.3 is 0 Å². The van der Waals surface area contributed by atoms with Gasteiger partial charge in [-0.15, -0.1) is 0 Å². The molecule has 1 rings (SSSR count). The minimum Gasteiger partial charge on any atom is -0.365 e. The zero-order valence-corrected chi connectivity index (χ0v) is 10.6. The molecule has 0 atom stereocenters. The number of hydrogen-bond donors (Lipinski definition) is 1. The first-order chi connectivity index (χ1) is 6.53. The number of aromatic nitrogens is 1. The van der Waals surface area contributed by atoms with Crippen molar-refractivity contribution in [3.8, 4) is 0 Å². The molecule has 0 radical (unpaired) electrons. The lowest BCUT2D eigenvalue weighted by Crippen LogP contribution is -2.30. The standard InChI is InChI=1S/C11H17BrN2/c1-4-7-11(2,3)14-10-6-5-9(12)8-13-10/h5-6,8H,4,7H2,1-3H3,(H,13,14). The molecule has 0 aromatic carbocycles. The van der Waals surface area contributed by atoms with Crippen molar-refractivity contribution in [2.45, 2.75) is 39.2 Å². The Morgan fingerprint density at radius 3 is 2.64 bits per heavy atom. The van der Waals surface area contributed by atoms with E-state index in [0.717, 1.165) is 16.7 Å². The molecule has 1 aromatic rings. The lowest BCUT2D eigenvalue weighted by atomic mass is 9.99. The second-order valence-corrected chi connectivity index (χ2v) is 5.04. The van der Waals surface area contributed by atoms with Gasteiger partial charge in [0.15, 0.2) is 0 Å². The topological polar surface area (TPSA) is 24.9 Å². The molecule has 0 aliphatic rings. The van der Waals surface area contributed by atoms with Gasteiger partial charge in [-0.2, -0.15) is 0 Å². The maximum atomic E-state index is 4.29. The van der Waals surface area contributed by atoms with Gasteiger partial charge in [0.25, 0.3) is 0 Å². The van der Waals surface area contributed by atoms with Crippen LogP contribution in [0.2, 0.25) is 0 Å². The Bertz CT molecular complexity index is 280. The average Bonchev–Trinajstić information content (AvgIpc) is 2.08. The molecule has 0 amide bonds. The van der Waals surface area contributed by atoms with E-state index in [1.54, 1.807) is 0 Å². The molecule has 0 saturated heterocycles. The second-order valence-electron chi connectivity index (χ2n) is 4.12. The van der Waals surface area contributed by atoms with Crippen LogP contribution in [0.15, 0.2) is 22.8 Å². The monoisotopic (exact) mass is 256 g/mol. The van der Waals surface area contributed by atoms with Gasteiger partial charge in [-0.25, -0.2) is 4.98 Å². The molecule has 0 spiro atoms. The van der Waals surface area contributed by atoms with Crippen molar-refractivity contribution in [2.75, 3.05) is 5.32 Å². The van der Waals surface area contributed by atoms with Crippen molar-refractivity contribution in [1.82, 2.24) is 4.98 Å². The summed E-state index contributed by atoms with van der Waals surface area (Å²) in [6.07, 6.45) is 4.13. The SMILES string of the molecule is CCCC(C)(C)Nc1ccc(Br)cn1.